The number of carbonyl (C=O) groups is 2. The van der Waals surface area contributed by atoms with Gasteiger partial charge in [-0.15, -0.1) is 0 Å². The predicted octanol–water partition coefficient (Wildman–Crippen LogP) is 2.70. The van der Waals surface area contributed by atoms with E-state index in [-0.39, 0.29) is 5.91 Å². The van der Waals surface area contributed by atoms with Gasteiger partial charge in [-0.2, -0.15) is 0 Å². The first-order valence-electron chi connectivity index (χ1n) is 6.24. The average Bonchev–Trinajstić information content (AvgIpc) is 2.48. The molecule has 3 nitrogen and oxygen atoms in total. The molecule has 3 rings (SSSR count). The number of rotatable bonds is 2. The number of carbonyl (C=O) groups excluding carboxylic acids is 2. The van der Waals surface area contributed by atoms with Gasteiger partial charge in [0.1, 0.15) is 6.29 Å². The summed E-state index contributed by atoms with van der Waals surface area (Å²) in [7, 11) is 0. The van der Waals surface area contributed by atoms with Crippen LogP contribution in [0.1, 0.15) is 26.3 Å². The first kappa shape index (κ1) is 11.7. The summed E-state index contributed by atoms with van der Waals surface area (Å²) < 4.78 is 0. The van der Waals surface area contributed by atoms with Gasteiger partial charge in [0.05, 0.1) is 0 Å². The van der Waals surface area contributed by atoms with E-state index in [4.69, 9.17) is 0 Å². The van der Waals surface area contributed by atoms with Gasteiger partial charge in [-0.05, 0) is 42.3 Å². The molecule has 0 saturated heterocycles. The third-order valence-corrected chi connectivity index (χ3v) is 3.44. The van der Waals surface area contributed by atoms with E-state index in [1.54, 1.807) is 17.0 Å². The molecule has 2 aromatic carbocycles. The number of amides is 1. The maximum absolute atomic E-state index is 12.4. The summed E-state index contributed by atoms with van der Waals surface area (Å²) in [5, 5.41) is 0. The molecule has 94 valence electrons. The van der Waals surface area contributed by atoms with Crippen LogP contribution in [0.2, 0.25) is 0 Å². The summed E-state index contributed by atoms with van der Waals surface area (Å²) in [5.41, 5.74) is 3.33. The molecule has 1 heterocycles. The highest BCUT2D eigenvalue weighted by atomic mass is 16.2. The quantitative estimate of drug-likeness (QED) is 0.769. The van der Waals surface area contributed by atoms with Gasteiger partial charge in [-0.1, -0.05) is 18.2 Å². The molecule has 0 unspecified atom stereocenters. The lowest BCUT2D eigenvalue weighted by atomic mass is 9.98. The first-order chi connectivity index (χ1) is 9.29. The van der Waals surface area contributed by atoms with Crippen molar-refractivity contribution in [2.45, 2.75) is 6.42 Å². The minimum absolute atomic E-state index is 0.0284. The van der Waals surface area contributed by atoms with E-state index in [0.717, 1.165) is 29.5 Å². The van der Waals surface area contributed by atoms with Crippen LogP contribution in [-0.4, -0.2) is 18.7 Å². The zero-order chi connectivity index (χ0) is 13.2. The molecule has 0 atom stereocenters. The monoisotopic (exact) mass is 251 g/mol. The van der Waals surface area contributed by atoms with E-state index >= 15 is 0 Å². The molecule has 0 bridgehead atoms. The molecule has 0 spiro atoms. The first-order valence-corrected chi connectivity index (χ1v) is 6.24. The Balaban J connectivity index is 1.95. The normalized spacial score (nSPS) is 14.1. The van der Waals surface area contributed by atoms with Gasteiger partial charge in [0.25, 0.3) is 5.91 Å². The van der Waals surface area contributed by atoms with Crippen molar-refractivity contribution in [3.05, 3.63) is 65.2 Å². The fourth-order valence-electron chi connectivity index (χ4n) is 2.41. The fourth-order valence-corrected chi connectivity index (χ4v) is 2.41. The molecular weight excluding hydrogens is 238 g/mol. The van der Waals surface area contributed by atoms with Gasteiger partial charge in [0.15, 0.2) is 0 Å². The van der Waals surface area contributed by atoms with Crippen molar-refractivity contribution < 1.29 is 9.59 Å². The molecule has 0 saturated carbocycles. The lowest BCUT2D eigenvalue weighted by molar-refractivity contribution is 0.0980. The number of hydrogen-bond acceptors (Lipinski definition) is 2. The molecule has 0 aliphatic carbocycles. The lowest BCUT2D eigenvalue weighted by Crippen LogP contribution is -2.37. The van der Waals surface area contributed by atoms with Crippen molar-refractivity contribution in [3.8, 4) is 0 Å². The maximum atomic E-state index is 12.4. The lowest BCUT2D eigenvalue weighted by Gasteiger charge is -2.28. The third-order valence-electron chi connectivity index (χ3n) is 3.44. The topological polar surface area (TPSA) is 37.4 Å². The van der Waals surface area contributed by atoms with E-state index in [9.17, 15) is 9.59 Å². The van der Waals surface area contributed by atoms with E-state index in [0.29, 0.717) is 12.1 Å². The fraction of sp³-hybridized carbons (Fsp3) is 0.125. The molecule has 19 heavy (non-hydrogen) atoms. The Morgan fingerprint density at radius 2 is 1.74 bits per heavy atom. The zero-order valence-corrected chi connectivity index (χ0v) is 10.4. The molecular formula is C16H13NO2. The zero-order valence-electron chi connectivity index (χ0n) is 10.4. The second-order valence-corrected chi connectivity index (χ2v) is 4.57. The van der Waals surface area contributed by atoms with Gasteiger partial charge in [-0.3, -0.25) is 9.59 Å². The number of hydrogen-bond donors (Lipinski definition) is 0. The van der Waals surface area contributed by atoms with Crippen molar-refractivity contribution >= 4 is 17.9 Å². The molecule has 0 fully saturated rings. The second kappa shape index (κ2) is 4.69. The summed E-state index contributed by atoms with van der Waals surface area (Å²) in [6, 6.07) is 14.8. The molecule has 1 amide bonds. The van der Waals surface area contributed by atoms with Crippen molar-refractivity contribution in [1.29, 1.82) is 0 Å². The summed E-state index contributed by atoms with van der Waals surface area (Å²) in [6.45, 7) is 0.677. The largest absolute Gasteiger partial charge is 0.308 e. The highest BCUT2D eigenvalue weighted by molar-refractivity contribution is 6.08. The summed E-state index contributed by atoms with van der Waals surface area (Å²) in [4.78, 5) is 24.8. The number of benzene rings is 2. The number of aldehydes is 1. The van der Waals surface area contributed by atoms with E-state index < -0.39 is 0 Å². The maximum Gasteiger partial charge on any atom is 0.258 e. The van der Waals surface area contributed by atoms with Gasteiger partial charge in [-0.25, -0.2) is 0 Å². The second-order valence-electron chi connectivity index (χ2n) is 4.57. The minimum atomic E-state index is 0.0284. The number of nitrogens with zero attached hydrogens (tertiary/aromatic N) is 1. The molecule has 2 aromatic rings. The van der Waals surface area contributed by atoms with Gasteiger partial charge in [0, 0.05) is 23.4 Å². The molecule has 3 heteroatoms. The molecule has 1 aliphatic heterocycles. The van der Waals surface area contributed by atoms with Crippen molar-refractivity contribution in [2.75, 3.05) is 11.4 Å². The highest BCUT2D eigenvalue weighted by Crippen LogP contribution is 2.24. The minimum Gasteiger partial charge on any atom is -0.308 e. The Morgan fingerprint density at radius 3 is 2.47 bits per heavy atom. The number of fused-ring (bicyclic) bond motifs is 1. The summed E-state index contributed by atoms with van der Waals surface area (Å²) >= 11 is 0. The van der Waals surface area contributed by atoms with Crippen molar-refractivity contribution in [1.82, 2.24) is 0 Å². The van der Waals surface area contributed by atoms with Crippen LogP contribution in [0.15, 0.2) is 48.5 Å². The molecule has 0 N–H and O–H groups in total. The molecule has 1 aliphatic rings. The van der Waals surface area contributed by atoms with Gasteiger partial charge in [0.2, 0.25) is 0 Å². The van der Waals surface area contributed by atoms with Crippen LogP contribution in [0.4, 0.5) is 5.69 Å². The standard InChI is InChI=1S/C16H13NO2/c18-11-12-5-7-14(8-6-12)17-10-9-13-3-1-2-4-15(13)16(17)19/h1-8,11H,9-10H2. The van der Waals surface area contributed by atoms with Crippen LogP contribution in [0.3, 0.4) is 0 Å². The Morgan fingerprint density at radius 1 is 1.00 bits per heavy atom. The molecule has 0 aromatic heterocycles. The van der Waals surface area contributed by atoms with Gasteiger partial charge >= 0.3 is 0 Å². The Hall–Kier alpha value is -2.42. The summed E-state index contributed by atoms with van der Waals surface area (Å²) in [5.74, 6) is 0.0284. The Labute approximate surface area is 111 Å². The Bertz CT molecular complexity index is 631. The smallest absolute Gasteiger partial charge is 0.258 e. The van der Waals surface area contributed by atoms with Crippen LogP contribution >= 0.6 is 0 Å². The van der Waals surface area contributed by atoms with Crippen LogP contribution in [0.5, 0.6) is 0 Å². The van der Waals surface area contributed by atoms with Crippen LogP contribution in [-0.2, 0) is 6.42 Å². The van der Waals surface area contributed by atoms with Crippen molar-refractivity contribution in [3.63, 3.8) is 0 Å². The van der Waals surface area contributed by atoms with E-state index in [2.05, 4.69) is 0 Å². The van der Waals surface area contributed by atoms with E-state index in [1.165, 1.54) is 0 Å². The van der Waals surface area contributed by atoms with Crippen LogP contribution in [0, 0.1) is 0 Å². The van der Waals surface area contributed by atoms with Crippen LogP contribution in [0.25, 0.3) is 0 Å². The highest BCUT2D eigenvalue weighted by Gasteiger charge is 2.24. The SMILES string of the molecule is O=Cc1ccc(N2CCc3ccccc3C2=O)cc1. The number of anilines is 1. The predicted molar refractivity (Wildman–Crippen MR) is 73.7 cm³/mol. The third kappa shape index (κ3) is 2.03. The van der Waals surface area contributed by atoms with E-state index in [1.807, 2.05) is 36.4 Å². The van der Waals surface area contributed by atoms with Crippen molar-refractivity contribution in [2.24, 2.45) is 0 Å². The van der Waals surface area contributed by atoms with Gasteiger partial charge < -0.3 is 4.90 Å². The Kier molecular flexibility index (Phi) is 2.88. The molecule has 0 radical (unpaired) electrons. The summed E-state index contributed by atoms with van der Waals surface area (Å²) in [6.07, 6.45) is 1.66. The van der Waals surface area contributed by atoms with Crippen LogP contribution < -0.4 is 4.90 Å². The average molecular weight is 251 g/mol.